The summed E-state index contributed by atoms with van der Waals surface area (Å²) in [5.41, 5.74) is 1.03. The number of hydrogen-bond donors (Lipinski definition) is 2. The van der Waals surface area contributed by atoms with Gasteiger partial charge in [0.25, 0.3) is 0 Å². The normalized spacial score (nSPS) is 12.3. The molecule has 106 valence electrons. The molecular formula is C15H18N2O2S. The van der Waals surface area contributed by atoms with E-state index >= 15 is 0 Å². The average Bonchev–Trinajstić information content (AvgIpc) is 2.44. The molecule has 2 rings (SSSR count). The molecule has 0 spiro atoms. The van der Waals surface area contributed by atoms with Crippen molar-refractivity contribution in [3.05, 3.63) is 35.9 Å². The van der Waals surface area contributed by atoms with E-state index in [2.05, 4.69) is 23.5 Å². The SMILES string of the molecule is CSCC(C)CNc1nc2ccccc2cc1C(=O)O. The van der Waals surface area contributed by atoms with Gasteiger partial charge in [0.15, 0.2) is 0 Å². The second-order valence-electron chi connectivity index (χ2n) is 4.82. The summed E-state index contributed by atoms with van der Waals surface area (Å²) in [6.07, 6.45) is 2.06. The summed E-state index contributed by atoms with van der Waals surface area (Å²) in [6.45, 7) is 2.84. The van der Waals surface area contributed by atoms with E-state index in [9.17, 15) is 9.90 Å². The zero-order chi connectivity index (χ0) is 14.5. The molecule has 0 aliphatic rings. The van der Waals surface area contributed by atoms with Gasteiger partial charge in [-0.3, -0.25) is 0 Å². The van der Waals surface area contributed by atoms with Crippen molar-refractivity contribution in [2.75, 3.05) is 23.9 Å². The van der Waals surface area contributed by atoms with Gasteiger partial charge in [-0.2, -0.15) is 11.8 Å². The number of carboxylic acids is 1. The lowest BCUT2D eigenvalue weighted by Gasteiger charge is -2.14. The number of aromatic carboxylic acids is 1. The van der Waals surface area contributed by atoms with Crippen LogP contribution < -0.4 is 5.32 Å². The van der Waals surface area contributed by atoms with Crippen molar-refractivity contribution in [1.29, 1.82) is 0 Å². The van der Waals surface area contributed by atoms with E-state index < -0.39 is 5.97 Å². The highest BCUT2D eigenvalue weighted by molar-refractivity contribution is 7.98. The number of carbonyl (C=O) groups is 1. The summed E-state index contributed by atoms with van der Waals surface area (Å²) in [6, 6.07) is 9.21. The second kappa shape index (κ2) is 6.61. The van der Waals surface area contributed by atoms with Crippen molar-refractivity contribution in [3.63, 3.8) is 0 Å². The number of thioether (sulfide) groups is 1. The Morgan fingerprint density at radius 3 is 2.90 bits per heavy atom. The molecule has 2 aromatic rings. The van der Waals surface area contributed by atoms with Crippen LogP contribution in [0.2, 0.25) is 0 Å². The van der Waals surface area contributed by atoms with E-state index in [0.29, 0.717) is 18.3 Å². The Balaban J connectivity index is 2.30. The van der Waals surface area contributed by atoms with Gasteiger partial charge in [0.1, 0.15) is 11.4 Å². The van der Waals surface area contributed by atoms with Gasteiger partial charge >= 0.3 is 5.97 Å². The molecule has 2 N–H and O–H groups in total. The summed E-state index contributed by atoms with van der Waals surface area (Å²) in [4.78, 5) is 15.8. The maximum Gasteiger partial charge on any atom is 0.339 e. The number of aromatic nitrogens is 1. The lowest BCUT2D eigenvalue weighted by Crippen LogP contribution is -2.16. The lowest BCUT2D eigenvalue weighted by atomic mass is 10.1. The fraction of sp³-hybridized carbons (Fsp3) is 0.333. The number of anilines is 1. The number of rotatable bonds is 6. The van der Waals surface area contributed by atoms with Gasteiger partial charge in [0.05, 0.1) is 5.52 Å². The molecule has 0 aliphatic heterocycles. The molecule has 0 aliphatic carbocycles. The number of hydrogen-bond acceptors (Lipinski definition) is 4. The summed E-state index contributed by atoms with van der Waals surface area (Å²) < 4.78 is 0. The predicted octanol–water partition coefficient (Wildman–Crippen LogP) is 3.34. The van der Waals surface area contributed by atoms with Crippen LogP contribution in [-0.2, 0) is 0 Å². The van der Waals surface area contributed by atoms with Gasteiger partial charge in [-0.1, -0.05) is 25.1 Å². The first-order chi connectivity index (χ1) is 9.61. The Morgan fingerprint density at radius 1 is 1.45 bits per heavy atom. The molecule has 1 unspecified atom stereocenters. The van der Waals surface area contributed by atoms with Crippen molar-refractivity contribution in [1.82, 2.24) is 4.98 Å². The first-order valence-corrected chi connectivity index (χ1v) is 7.87. The molecule has 0 saturated carbocycles. The fourth-order valence-electron chi connectivity index (χ4n) is 2.03. The molecule has 1 aromatic carbocycles. The van der Waals surface area contributed by atoms with Gasteiger partial charge in [0.2, 0.25) is 0 Å². The summed E-state index contributed by atoms with van der Waals surface area (Å²) >= 11 is 1.78. The van der Waals surface area contributed by atoms with Crippen molar-refractivity contribution < 1.29 is 9.90 Å². The fourth-order valence-corrected chi connectivity index (χ4v) is 2.71. The molecule has 0 radical (unpaired) electrons. The molecule has 20 heavy (non-hydrogen) atoms. The monoisotopic (exact) mass is 290 g/mol. The molecular weight excluding hydrogens is 272 g/mol. The van der Waals surface area contributed by atoms with Crippen LogP contribution >= 0.6 is 11.8 Å². The lowest BCUT2D eigenvalue weighted by molar-refractivity contribution is 0.0697. The Bertz CT molecular complexity index is 616. The van der Waals surface area contributed by atoms with Crippen LogP contribution in [0.3, 0.4) is 0 Å². The standard InChI is InChI=1S/C15H18N2O2S/c1-10(9-20-2)8-16-14-12(15(18)19)7-11-5-3-4-6-13(11)17-14/h3-7,10H,8-9H2,1-2H3,(H,16,17)(H,18,19). The summed E-state index contributed by atoms with van der Waals surface area (Å²) in [5.74, 6) is 0.982. The maximum atomic E-state index is 11.4. The van der Waals surface area contributed by atoms with Gasteiger partial charge in [-0.25, -0.2) is 9.78 Å². The van der Waals surface area contributed by atoms with E-state index in [-0.39, 0.29) is 5.56 Å². The van der Waals surface area contributed by atoms with Crippen LogP contribution in [0.5, 0.6) is 0 Å². The second-order valence-corrected chi connectivity index (χ2v) is 5.73. The number of fused-ring (bicyclic) bond motifs is 1. The quantitative estimate of drug-likeness (QED) is 0.854. The highest BCUT2D eigenvalue weighted by Gasteiger charge is 2.13. The minimum absolute atomic E-state index is 0.222. The smallest absolute Gasteiger partial charge is 0.339 e. The number of carboxylic acid groups (broad SMARTS) is 1. The molecule has 1 aromatic heterocycles. The number of para-hydroxylation sites is 1. The number of nitrogens with one attached hydrogen (secondary N) is 1. The van der Waals surface area contributed by atoms with Gasteiger partial charge in [-0.15, -0.1) is 0 Å². The summed E-state index contributed by atoms with van der Waals surface area (Å²) in [7, 11) is 0. The molecule has 4 nitrogen and oxygen atoms in total. The Morgan fingerprint density at radius 2 is 2.20 bits per heavy atom. The van der Waals surface area contributed by atoms with Gasteiger partial charge in [0, 0.05) is 11.9 Å². The highest BCUT2D eigenvalue weighted by Crippen LogP contribution is 2.21. The van der Waals surface area contributed by atoms with E-state index in [4.69, 9.17) is 0 Å². The molecule has 1 atom stereocenters. The largest absolute Gasteiger partial charge is 0.478 e. The van der Waals surface area contributed by atoms with Crippen LogP contribution in [0.4, 0.5) is 5.82 Å². The van der Waals surface area contributed by atoms with E-state index in [1.54, 1.807) is 17.8 Å². The van der Waals surface area contributed by atoms with Crippen molar-refractivity contribution >= 4 is 34.5 Å². The van der Waals surface area contributed by atoms with E-state index in [1.807, 2.05) is 24.3 Å². The Hall–Kier alpha value is -1.75. The zero-order valence-corrected chi connectivity index (χ0v) is 12.4. The average molecular weight is 290 g/mol. The predicted molar refractivity (Wildman–Crippen MR) is 84.7 cm³/mol. The minimum Gasteiger partial charge on any atom is -0.478 e. The van der Waals surface area contributed by atoms with Crippen LogP contribution in [0.15, 0.2) is 30.3 Å². The van der Waals surface area contributed by atoms with Gasteiger partial charge in [-0.05, 0) is 30.1 Å². The first-order valence-electron chi connectivity index (χ1n) is 6.47. The summed E-state index contributed by atoms with van der Waals surface area (Å²) in [5, 5.41) is 13.3. The van der Waals surface area contributed by atoms with Crippen molar-refractivity contribution in [2.45, 2.75) is 6.92 Å². The molecule has 1 heterocycles. The molecule has 0 amide bonds. The van der Waals surface area contributed by atoms with Gasteiger partial charge < -0.3 is 10.4 Å². The van der Waals surface area contributed by atoms with E-state index in [0.717, 1.165) is 16.7 Å². The van der Waals surface area contributed by atoms with Crippen LogP contribution in [0.25, 0.3) is 10.9 Å². The molecule has 0 saturated heterocycles. The topological polar surface area (TPSA) is 62.2 Å². The van der Waals surface area contributed by atoms with Crippen LogP contribution in [-0.4, -0.2) is 34.6 Å². The highest BCUT2D eigenvalue weighted by atomic mass is 32.2. The number of benzene rings is 1. The first kappa shape index (κ1) is 14.7. The Kier molecular flexibility index (Phi) is 4.84. The third-order valence-electron chi connectivity index (χ3n) is 3.02. The third kappa shape index (κ3) is 3.42. The molecule has 5 heteroatoms. The Labute approximate surface area is 122 Å². The van der Waals surface area contributed by atoms with Crippen LogP contribution in [0.1, 0.15) is 17.3 Å². The molecule has 0 fully saturated rings. The zero-order valence-electron chi connectivity index (χ0n) is 11.6. The van der Waals surface area contributed by atoms with Crippen LogP contribution in [0, 0.1) is 5.92 Å². The van der Waals surface area contributed by atoms with E-state index in [1.165, 1.54) is 0 Å². The number of nitrogens with zero attached hydrogens (tertiary/aromatic N) is 1. The number of pyridine rings is 1. The minimum atomic E-state index is -0.955. The van der Waals surface area contributed by atoms with Crippen molar-refractivity contribution in [3.8, 4) is 0 Å². The maximum absolute atomic E-state index is 11.4. The third-order valence-corrected chi connectivity index (χ3v) is 3.93. The van der Waals surface area contributed by atoms with Crippen molar-refractivity contribution in [2.24, 2.45) is 5.92 Å². The molecule has 0 bridgehead atoms.